The highest BCUT2D eigenvalue weighted by molar-refractivity contribution is 6.00. The fourth-order valence-electron chi connectivity index (χ4n) is 3.45. The van der Waals surface area contributed by atoms with Crippen molar-refractivity contribution in [2.45, 2.75) is 44.6 Å². The third kappa shape index (κ3) is 3.55. The first-order valence-electron chi connectivity index (χ1n) is 8.40. The predicted octanol–water partition coefficient (Wildman–Crippen LogP) is 2.40. The number of hydrogen-bond donors (Lipinski definition) is 1. The first kappa shape index (κ1) is 16.4. The Morgan fingerprint density at radius 3 is 2.46 bits per heavy atom. The van der Waals surface area contributed by atoms with Crippen molar-refractivity contribution in [3.8, 4) is 0 Å². The summed E-state index contributed by atoms with van der Waals surface area (Å²) in [6.45, 7) is 0.329. The van der Waals surface area contributed by atoms with E-state index in [1.165, 1.54) is 23.5 Å². The molecule has 1 aromatic carbocycles. The lowest BCUT2D eigenvalue weighted by atomic mass is 9.95. The van der Waals surface area contributed by atoms with Gasteiger partial charge in [-0.1, -0.05) is 19.3 Å². The molecule has 1 atom stereocenters. The molecule has 3 rings (SSSR count). The molecule has 0 aromatic heterocycles. The fourth-order valence-corrected chi connectivity index (χ4v) is 3.45. The monoisotopic (exact) mass is 331 g/mol. The lowest BCUT2D eigenvalue weighted by Gasteiger charge is -2.24. The van der Waals surface area contributed by atoms with Gasteiger partial charge >= 0.3 is 0 Å². The van der Waals surface area contributed by atoms with Crippen molar-refractivity contribution < 1.29 is 14.5 Å². The number of nitrogens with one attached hydrogen (secondary N) is 1. The number of nitrogens with zero attached hydrogens (tertiary/aromatic N) is 2. The molecule has 1 aromatic rings. The number of anilines is 1. The molecule has 2 aliphatic rings. The van der Waals surface area contributed by atoms with E-state index < -0.39 is 4.92 Å². The van der Waals surface area contributed by atoms with Crippen LogP contribution in [0.5, 0.6) is 0 Å². The maximum atomic E-state index is 12.4. The number of benzene rings is 1. The van der Waals surface area contributed by atoms with Crippen LogP contribution in [-0.2, 0) is 9.59 Å². The summed E-state index contributed by atoms with van der Waals surface area (Å²) < 4.78 is 0. The van der Waals surface area contributed by atoms with Gasteiger partial charge in [0.05, 0.1) is 10.8 Å². The summed E-state index contributed by atoms with van der Waals surface area (Å²) in [5.74, 6) is -0.526. The molecule has 7 nitrogen and oxygen atoms in total. The quantitative estimate of drug-likeness (QED) is 0.677. The maximum absolute atomic E-state index is 12.4. The van der Waals surface area contributed by atoms with Gasteiger partial charge in [0.2, 0.25) is 11.8 Å². The lowest BCUT2D eigenvalue weighted by molar-refractivity contribution is -0.384. The number of carbonyl (C=O) groups is 2. The lowest BCUT2D eigenvalue weighted by Crippen LogP contribution is -2.40. The first-order chi connectivity index (χ1) is 11.5. The van der Waals surface area contributed by atoms with E-state index in [0.29, 0.717) is 12.2 Å². The van der Waals surface area contributed by atoms with Crippen LogP contribution in [0, 0.1) is 16.0 Å². The second kappa shape index (κ2) is 6.98. The van der Waals surface area contributed by atoms with Crippen LogP contribution >= 0.6 is 0 Å². The van der Waals surface area contributed by atoms with Crippen LogP contribution in [0.4, 0.5) is 11.4 Å². The van der Waals surface area contributed by atoms with E-state index in [1.54, 1.807) is 12.1 Å². The zero-order valence-electron chi connectivity index (χ0n) is 13.4. The molecule has 24 heavy (non-hydrogen) atoms. The molecule has 1 saturated carbocycles. The Bertz CT molecular complexity index is 638. The highest BCUT2D eigenvalue weighted by atomic mass is 16.6. The molecule has 2 fully saturated rings. The molecule has 0 radical (unpaired) electrons. The smallest absolute Gasteiger partial charge is 0.269 e. The fraction of sp³-hybridized carbons (Fsp3) is 0.529. The molecule has 2 amide bonds. The minimum Gasteiger partial charge on any atom is -0.353 e. The number of nitro groups is 1. The molecule has 1 heterocycles. The van der Waals surface area contributed by atoms with Crippen molar-refractivity contribution >= 4 is 23.2 Å². The molecule has 1 N–H and O–H groups in total. The summed E-state index contributed by atoms with van der Waals surface area (Å²) in [6.07, 6.45) is 5.72. The van der Waals surface area contributed by atoms with Crippen LogP contribution in [0.2, 0.25) is 0 Å². The van der Waals surface area contributed by atoms with Gasteiger partial charge in [0, 0.05) is 36.8 Å². The number of carbonyl (C=O) groups excluding carboxylic acids is 2. The van der Waals surface area contributed by atoms with E-state index in [-0.39, 0.29) is 35.9 Å². The third-order valence-electron chi connectivity index (χ3n) is 4.82. The summed E-state index contributed by atoms with van der Waals surface area (Å²) >= 11 is 0. The minimum absolute atomic E-state index is 0.0167. The Morgan fingerprint density at radius 2 is 1.83 bits per heavy atom. The Labute approximate surface area is 140 Å². The van der Waals surface area contributed by atoms with Gasteiger partial charge in [-0.25, -0.2) is 0 Å². The largest absolute Gasteiger partial charge is 0.353 e. The Hall–Kier alpha value is -2.44. The van der Waals surface area contributed by atoms with Crippen molar-refractivity contribution in [1.82, 2.24) is 5.32 Å². The highest BCUT2D eigenvalue weighted by Crippen LogP contribution is 2.27. The molecule has 0 unspecified atom stereocenters. The zero-order chi connectivity index (χ0) is 17.1. The van der Waals surface area contributed by atoms with Crippen molar-refractivity contribution in [1.29, 1.82) is 0 Å². The summed E-state index contributed by atoms with van der Waals surface area (Å²) in [7, 11) is 0. The molecule has 0 spiro atoms. The standard InChI is InChI=1S/C17H21N3O4/c21-16-10-12(17(22)18-13-4-2-1-3-5-13)11-19(16)14-6-8-15(9-7-14)20(23)24/h6-9,12-13H,1-5,10-11H2,(H,18,22)/t12-/m1/s1. The zero-order valence-corrected chi connectivity index (χ0v) is 13.4. The summed E-state index contributed by atoms with van der Waals surface area (Å²) in [6, 6.07) is 6.08. The van der Waals surface area contributed by atoms with Crippen molar-refractivity contribution in [2.75, 3.05) is 11.4 Å². The second-order valence-electron chi connectivity index (χ2n) is 6.52. The van der Waals surface area contributed by atoms with Gasteiger partial charge in [-0.3, -0.25) is 19.7 Å². The van der Waals surface area contributed by atoms with E-state index in [4.69, 9.17) is 0 Å². The van der Waals surface area contributed by atoms with Crippen LogP contribution in [0.25, 0.3) is 0 Å². The van der Waals surface area contributed by atoms with Crippen LogP contribution in [0.1, 0.15) is 38.5 Å². The first-order valence-corrected chi connectivity index (χ1v) is 8.40. The summed E-state index contributed by atoms with van der Waals surface area (Å²) in [5.41, 5.74) is 0.579. The van der Waals surface area contributed by atoms with E-state index in [0.717, 1.165) is 25.7 Å². The summed E-state index contributed by atoms with van der Waals surface area (Å²) in [4.78, 5) is 36.4. The normalized spacial score (nSPS) is 21.8. The topological polar surface area (TPSA) is 92.6 Å². The third-order valence-corrected chi connectivity index (χ3v) is 4.82. The Morgan fingerprint density at radius 1 is 1.17 bits per heavy atom. The molecule has 128 valence electrons. The number of rotatable bonds is 4. The van der Waals surface area contributed by atoms with Crippen LogP contribution in [0.15, 0.2) is 24.3 Å². The molecule has 7 heteroatoms. The van der Waals surface area contributed by atoms with Gasteiger partial charge in [-0.05, 0) is 25.0 Å². The van der Waals surface area contributed by atoms with E-state index in [2.05, 4.69) is 5.32 Å². The van der Waals surface area contributed by atoms with Crippen molar-refractivity contribution in [2.24, 2.45) is 5.92 Å². The molecule has 1 aliphatic carbocycles. The van der Waals surface area contributed by atoms with Gasteiger partial charge in [0.1, 0.15) is 0 Å². The number of amides is 2. The number of non-ortho nitro benzene ring substituents is 1. The van der Waals surface area contributed by atoms with E-state index in [1.807, 2.05) is 0 Å². The average molecular weight is 331 g/mol. The molecule has 1 saturated heterocycles. The molecule has 1 aliphatic heterocycles. The van der Waals surface area contributed by atoms with E-state index in [9.17, 15) is 19.7 Å². The van der Waals surface area contributed by atoms with Gasteiger partial charge in [-0.15, -0.1) is 0 Å². The highest BCUT2D eigenvalue weighted by Gasteiger charge is 2.36. The van der Waals surface area contributed by atoms with Gasteiger partial charge in [0.25, 0.3) is 5.69 Å². The van der Waals surface area contributed by atoms with Crippen molar-refractivity contribution in [3.05, 3.63) is 34.4 Å². The molecular formula is C17H21N3O4. The number of hydrogen-bond acceptors (Lipinski definition) is 4. The van der Waals surface area contributed by atoms with E-state index >= 15 is 0 Å². The molecular weight excluding hydrogens is 310 g/mol. The maximum Gasteiger partial charge on any atom is 0.269 e. The minimum atomic E-state index is -0.476. The van der Waals surface area contributed by atoms with Gasteiger partial charge in [-0.2, -0.15) is 0 Å². The van der Waals surface area contributed by atoms with Gasteiger partial charge < -0.3 is 10.2 Å². The van der Waals surface area contributed by atoms with Crippen LogP contribution < -0.4 is 10.2 Å². The average Bonchev–Trinajstić information content (AvgIpc) is 2.98. The number of nitro benzene ring substituents is 1. The molecule has 0 bridgehead atoms. The predicted molar refractivity (Wildman–Crippen MR) is 88.6 cm³/mol. The van der Waals surface area contributed by atoms with Gasteiger partial charge in [0.15, 0.2) is 0 Å². The Balaban J connectivity index is 1.62. The SMILES string of the molecule is O=C(NC1CCCCC1)[C@@H]1CC(=O)N(c2ccc([N+](=O)[O-])cc2)C1. The Kier molecular flexibility index (Phi) is 4.78. The van der Waals surface area contributed by atoms with Crippen LogP contribution in [0.3, 0.4) is 0 Å². The summed E-state index contributed by atoms with van der Waals surface area (Å²) in [5, 5.41) is 13.8. The van der Waals surface area contributed by atoms with Crippen LogP contribution in [-0.4, -0.2) is 29.3 Å². The van der Waals surface area contributed by atoms with Crippen molar-refractivity contribution in [3.63, 3.8) is 0 Å². The second-order valence-corrected chi connectivity index (χ2v) is 6.52.